The van der Waals surface area contributed by atoms with Gasteiger partial charge in [0.25, 0.3) is 11.8 Å². The molecule has 1 aromatic heterocycles. The smallest absolute Gasteiger partial charge is 0.262 e. The number of rotatable bonds is 4. The number of anilines is 1. The van der Waals surface area contributed by atoms with Crippen molar-refractivity contribution in [2.75, 3.05) is 11.9 Å². The van der Waals surface area contributed by atoms with Crippen molar-refractivity contribution in [2.24, 2.45) is 0 Å². The lowest BCUT2D eigenvalue weighted by atomic mass is 10.1. The molecule has 0 aliphatic carbocycles. The third-order valence-corrected chi connectivity index (χ3v) is 4.81. The largest absolute Gasteiger partial charge is 0.482 e. The van der Waals surface area contributed by atoms with Crippen molar-refractivity contribution in [3.8, 4) is 11.4 Å². The van der Waals surface area contributed by atoms with Gasteiger partial charge in [0.1, 0.15) is 11.6 Å². The van der Waals surface area contributed by atoms with Crippen molar-refractivity contribution < 1.29 is 18.7 Å². The van der Waals surface area contributed by atoms with Crippen molar-refractivity contribution in [1.29, 1.82) is 0 Å². The van der Waals surface area contributed by atoms with Crippen LogP contribution in [0.25, 0.3) is 5.69 Å². The van der Waals surface area contributed by atoms with Crippen LogP contribution in [0.4, 0.5) is 10.1 Å². The Hall–Kier alpha value is -3.68. The molecule has 2 amide bonds. The SMILES string of the molecule is Cc1c([C@H](C)NC(=O)c2ccc3c(c2)OCC(=O)N3)cnn1-c1ccc(F)cc1. The summed E-state index contributed by atoms with van der Waals surface area (Å²) in [5, 5.41) is 10.0. The Bertz CT molecular complexity index is 1090. The van der Waals surface area contributed by atoms with Crippen LogP contribution in [0, 0.1) is 12.7 Å². The maximum absolute atomic E-state index is 13.2. The molecule has 0 radical (unpaired) electrons. The second kappa shape index (κ2) is 7.38. The van der Waals surface area contributed by atoms with E-state index in [-0.39, 0.29) is 30.3 Å². The average molecular weight is 394 g/mol. The summed E-state index contributed by atoms with van der Waals surface area (Å²) in [6, 6.07) is 10.6. The number of halogens is 1. The first kappa shape index (κ1) is 18.7. The van der Waals surface area contributed by atoms with Crippen LogP contribution in [0.2, 0.25) is 0 Å². The van der Waals surface area contributed by atoms with Crippen LogP contribution in [0.1, 0.15) is 34.6 Å². The quantitative estimate of drug-likeness (QED) is 0.712. The first-order chi connectivity index (χ1) is 13.9. The van der Waals surface area contributed by atoms with Crippen molar-refractivity contribution >= 4 is 17.5 Å². The van der Waals surface area contributed by atoms with Gasteiger partial charge in [0.05, 0.1) is 23.6 Å². The number of nitrogens with one attached hydrogen (secondary N) is 2. The summed E-state index contributed by atoms with van der Waals surface area (Å²) >= 11 is 0. The Balaban J connectivity index is 1.51. The number of ether oxygens (including phenoxy) is 1. The summed E-state index contributed by atoms with van der Waals surface area (Å²) in [5.41, 5.74) is 3.41. The second-order valence-electron chi connectivity index (χ2n) is 6.82. The van der Waals surface area contributed by atoms with Gasteiger partial charge < -0.3 is 15.4 Å². The minimum Gasteiger partial charge on any atom is -0.482 e. The van der Waals surface area contributed by atoms with Crippen molar-refractivity contribution in [1.82, 2.24) is 15.1 Å². The average Bonchev–Trinajstić information content (AvgIpc) is 3.09. The highest BCUT2D eigenvalue weighted by Gasteiger charge is 2.20. The maximum Gasteiger partial charge on any atom is 0.262 e. The highest BCUT2D eigenvalue weighted by molar-refractivity contribution is 5.99. The summed E-state index contributed by atoms with van der Waals surface area (Å²) < 4.78 is 20.2. The van der Waals surface area contributed by atoms with Gasteiger partial charge in [-0.15, -0.1) is 0 Å². The number of amides is 2. The molecule has 1 atom stereocenters. The molecular formula is C21H19FN4O3. The Morgan fingerprint density at radius 1 is 1.28 bits per heavy atom. The summed E-state index contributed by atoms with van der Waals surface area (Å²) in [5.74, 6) is -0.343. The molecule has 2 heterocycles. The standard InChI is InChI=1S/C21H19FN4O3/c1-12(17-10-23-26(13(17)2)16-6-4-15(22)5-7-16)24-21(28)14-3-8-18-19(9-14)29-11-20(27)25-18/h3-10,12H,11H2,1-2H3,(H,24,28)(H,25,27)/t12-/m0/s1. The van der Waals surface area contributed by atoms with Crippen LogP contribution in [0.5, 0.6) is 5.75 Å². The van der Waals surface area contributed by atoms with Crippen LogP contribution < -0.4 is 15.4 Å². The normalized spacial score (nSPS) is 13.8. The van der Waals surface area contributed by atoms with E-state index in [0.29, 0.717) is 17.0 Å². The van der Waals surface area contributed by atoms with Gasteiger partial charge in [-0.1, -0.05) is 0 Å². The van der Waals surface area contributed by atoms with Crippen LogP contribution in [0.15, 0.2) is 48.7 Å². The Labute approximate surface area is 166 Å². The molecule has 2 aromatic carbocycles. The maximum atomic E-state index is 13.2. The second-order valence-corrected chi connectivity index (χ2v) is 6.82. The molecule has 0 bridgehead atoms. The van der Waals surface area contributed by atoms with E-state index in [1.165, 1.54) is 12.1 Å². The summed E-state index contributed by atoms with van der Waals surface area (Å²) in [7, 11) is 0. The molecule has 3 aromatic rings. The molecule has 0 fully saturated rings. The number of aromatic nitrogens is 2. The molecule has 8 heteroatoms. The predicted molar refractivity (Wildman–Crippen MR) is 105 cm³/mol. The number of fused-ring (bicyclic) bond motifs is 1. The van der Waals surface area contributed by atoms with Crippen molar-refractivity contribution in [2.45, 2.75) is 19.9 Å². The molecule has 29 heavy (non-hydrogen) atoms. The fourth-order valence-electron chi connectivity index (χ4n) is 3.26. The summed E-state index contributed by atoms with van der Waals surface area (Å²) in [6.45, 7) is 3.69. The third kappa shape index (κ3) is 3.69. The molecular weight excluding hydrogens is 375 g/mol. The van der Waals surface area contributed by atoms with E-state index in [2.05, 4.69) is 15.7 Å². The zero-order valence-corrected chi connectivity index (χ0v) is 15.9. The van der Waals surface area contributed by atoms with E-state index in [9.17, 15) is 14.0 Å². The van der Waals surface area contributed by atoms with Gasteiger partial charge in [0.15, 0.2) is 6.61 Å². The van der Waals surface area contributed by atoms with E-state index in [0.717, 1.165) is 16.9 Å². The van der Waals surface area contributed by atoms with E-state index >= 15 is 0 Å². The van der Waals surface area contributed by atoms with Gasteiger partial charge in [0.2, 0.25) is 0 Å². The summed E-state index contributed by atoms with van der Waals surface area (Å²) in [6.07, 6.45) is 1.69. The monoisotopic (exact) mass is 394 g/mol. The van der Waals surface area contributed by atoms with Crippen LogP contribution >= 0.6 is 0 Å². The molecule has 2 N–H and O–H groups in total. The third-order valence-electron chi connectivity index (χ3n) is 4.81. The first-order valence-corrected chi connectivity index (χ1v) is 9.10. The van der Waals surface area contributed by atoms with Crippen molar-refractivity contribution in [3.63, 3.8) is 0 Å². The van der Waals surface area contributed by atoms with E-state index in [4.69, 9.17) is 4.74 Å². The van der Waals surface area contributed by atoms with Crippen LogP contribution in [0.3, 0.4) is 0 Å². The lowest BCUT2D eigenvalue weighted by molar-refractivity contribution is -0.118. The number of carbonyl (C=O) groups excluding carboxylic acids is 2. The van der Waals surface area contributed by atoms with Gasteiger partial charge in [0, 0.05) is 16.8 Å². The number of benzene rings is 2. The fourth-order valence-corrected chi connectivity index (χ4v) is 3.26. The lowest BCUT2D eigenvalue weighted by Gasteiger charge is -2.19. The Kier molecular flexibility index (Phi) is 4.75. The molecule has 148 valence electrons. The molecule has 1 aliphatic heterocycles. The molecule has 0 saturated carbocycles. The van der Waals surface area contributed by atoms with Crippen LogP contribution in [-0.2, 0) is 4.79 Å². The Morgan fingerprint density at radius 3 is 2.79 bits per heavy atom. The zero-order valence-electron chi connectivity index (χ0n) is 15.9. The highest BCUT2D eigenvalue weighted by Crippen LogP contribution is 2.29. The van der Waals surface area contributed by atoms with Gasteiger partial charge >= 0.3 is 0 Å². The number of hydrogen-bond acceptors (Lipinski definition) is 4. The van der Waals surface area contributed by atoms with Gasteiger partial charge in [-0.05, 0) is 56.3 Å². The minimum atomic E-state index is -0.312. The molecule has 0 spiro atoms. The Morgan fingerprint density at radius 2 is 2.03 bits per heavy atom. The molecule has 0 saturated heterocycles. The van der Waals surface area contributed by atoms with Crippen molar-refractivity contribution in [3.05, 3.63) is 71.3 Å². The van der Waals surface area contributed by atoms with Gasteiger partial charge in [-0.25, -0.2) is 9.07 Å². The highest BCUT2D eigenvalue weighted by atomic mass is 19.1. The zero-order chi connectivity index (χ0) is 20.5. The topological polar surface area (TPSA) is 85.2 Å². The lowest BCUT2D eigenvalue weighted by Crippen LogP contribution is -2.28. The number of hydrogen-bond donors (Lipinski definition) is 2. The van der Waals surface area contributed by atoms with E-state index in [1.807, 2.05) is 13.8 Å². The minimum absolute atomic E-state index is 0.0732. The van der Waals surface area contributed by atoms with E-state index in [1.54, 1.807) is 41.2 Å². The summed E-state index contributed by atoms with van der Waals surface area (Å²) in [4.78, 5) is 24.0. The first-order valence-electron chi connectivity index (χ1n) is 9.10. The fraction of sp³-hybridized carbons (Fsp3) is 0.190. The van der Waals surface area contributed by atoms with Gasteiger partial charge in [-0.2, -0.15) is 5.10 Å². The molecule has 1 aliphatic rings. The molecule has 4 rings (SSSR count). The van der Waals surface area contributed by atoms with Crippen LogP contribution in [-0.4, -0.2) is 28.2 Å². The number of carbonyl (C=O) groups is 2. The predicted octanol–water partition coefficient (Wildman–Crippen LogP) is 3.14. The van der Waals surface area contributed by atoms with E-state index < -0.39 is 0 Å². The van der Waals surface area contributed by atoms with Gasteiger partial charge in [-0.3, -0.25) is 9.59 Å². The molecule has 7 nitrogen and oxygen atoms in total. The molecule has 0 unspecified atom stereocenters. The number of nitrogens with zero attached hydrogens (tertiary/aromatic N) is 2.